The van der Waals surface area contributed by atoms with Crippen LogP contribution in [0.15, 0.2) is 54.6 Å². The molecule has 8 nitrogen and oxygen atoms in total. The molecule has 0 unspecified atom stereocenters. The Bertz CT molecular complexity index is 1220. The second-order valence-electron chi connectivity index (χ2n) is 7.60. The summed E-state index contributed by atoms with van der Waals surface area (Å²) in [6.45, 7) is 3.97. The van der Waals surface area contributed by atoms with Crippen LogP contribution in [0, 0.1) is 13.8 Å². The van der Waals surface area contributed by atoms with Crippen molar-refractivity contribution >= 4 is 11.6 Å². The minimum absolute atomic E-state index is 0.172. The van der Waals surface area contributed by atoms with E-state index in [2.05, 4.69) is 25.9 Å². The topological polar surface area (TPSA) is 90.5 Å². The fraction of sp³-hybridized carbons (Fsp3) is 0.227. The number of anilines is 1. The Hall–Kier alpha value is -3.81. The van der Waals surface area contributed by atoms with Crippen molar-refractivity contribution in [2.75, 3.05) is 5.32 Å². The quantitative estimate of drug-likeness (QED) is 0.552. The third kappa shape index (κ3) is 3.47. The molecule has 0 saturated heterocycles. The first kappa shape index (κ1) is 18.2. The van der Waals surface area contributed by atoms with Gasteiger partial charge >= 0.3 is 0 Å². The molecule has 5 rings (SSSR count). The number of benzene rings is 2. The molecule has 1 aliphatic rings. The highest BCUT2D eigenvalue weighted by Crippen LogP contribution is 2.36. The molecular formula is C22H21N7O. The van der Waals surface area contributed by atoms with E-state index in [1.165, 1.54) is 0 Å². The molecule has 0 atom stereocenters. The predicted molar refractivity (Wildman–Crippen MR) is 113 cm³/mol. The van der Waals surface area contributed by atoms with E-state index in [4.69, 9.17) is 0 Å². The van der Waals surface area contributed by atoms with E-state index < -0.39 is 0 Å². The Kier molecular flexibility index (Phi) is 4.39. The molecule has 1 fully saturated rings. The summed E-state index contributed by atoms with van der Waals surface area (Å²) in [5.74, 6) is 0.552. The number of amides is 1. The van der Waals surface area contributed by atoms with Gasteiger partial charge in [-0.2, -0.15) is 5.10 Å². The van der Waals surface area contributed by atoms with Crippen LogP contribution in [-0.2, 0) is 0 Å². The maximum absolute atomic E-state index is 12.7. The largest absolute Gasteiger partial charge is 0.322 e. The molecule has 0 spiro atoms. The zero-order chi connectivity index (χ0) is 20.7. The summed E-state index contributed by atoms with van der Waals surface area (Å²) < 4.78 is 3.73. The molecule has 1 aliphatic carbocycles. The van der Waals surface area contributed by atoms with Gasteiger partial charge in [0.05, 0.1) is 17.4 Å². The number of hydrogen-bond acceptors (Lipinski definition) is 5. The number of nitrogens with zero attached hydrogens (tertiary/aromatic N) is 6. The smallest absolute Gasteiger partial charge is 0.255 e. The molecule has 0 aliphatic heterocycles. The number of aromatic nitrogens is 6. The Balaban J connectivity index is 1.34. The molecule has 150 valence electrons. The van der Waals surface area contributed by atoms with Crippen LogP contribution in [0.5, 0.6) is 0 Å². The van der Waals surface area contributed by atoms with Gasteiger partial charge in [-0.05, 0) is 79.6 Å². The molecule has 1 amide bonds. The first-order chi connectivity index (χ1) is 14.6. The normalized spacial score (nSPS) is 13.4. The zero-order valence-electron chi connectivity index (χ0n) is 16.8. The number of nitrogens with one attached hydrogen (secondary N) is 1. The molecule has 1 saturated carbocycles. The first-order valence-electron chi connectivity index (χ1n) is 9.92. The fourth-order valence-electron chi connectivity index (χ4n) is 3.53. The zero-order valence-corrected chi connectivity index (χ0v) is 16.8. The average molecular weight is 399 g/mol. The third-order valence-corrected chi connectivity index (χ3v) is 5.15. The highest BCUT2D eigenvalue weighted by molar-refractivity contribution is 6.04. The summed E-state index contributed by atoms with van der Waals surface area (Å²) in [7, 11) is 0. The fourth-order valence-corrected chi connectivity index (χ4v) is 3.53. The first-order valence-corrected chi connectivity index (χ1v) is 9.92. The SMILES string of the molecule is Cc1cc(C)n(-c2ccc(C(=O)Nc3cccc(-c4nnnn4C4CC4)c3)cc2)n1. The van der Waals surface area contributed by atoms with Gasteiger partial charge in [0.1, 0.15) is 0 Å². The lowest BCUT2D eigenvalue weighted by Crippen LogP contribution is -2.12. The van der Waals surface area contributed by atoms with Crippen molar-refractivity contribution in [1.29, 1.82) is 0 Å². The second kappa shape index (κ2) is 7.22. The molecule has 4 aromatic rings. The van der Waals surface area contributed by atoms with Crippen molar-refractivity contribution in [3.05, 3.63) is 71.5 Å². The Morgan fingerprint density at radius 1 is 1.07 bits per heavy atom. The van der Waals surface area contributed by atoms with Crippen molar-refractivity contribution < 1.29 is 4.79 Å². The molecule has 30 heavy (non-hydrogen) atoms. The summed E-state index contributed by atoms with van der Waals surface area (Å²) in [4.78, 5) is 12.7. The van der Waals surface area contributed by atoms with Crippen molar-refractivity contribution in [2.45, 2.75) is 32.7 Å². The van der Waals surface area contributed by atoms with Crippen molar-refractivity contribution in [3.8, 4) is 17.1 Å². The van der Waals surface area contributed by atoms with Crippen LogP contribution in [0.3, 0.4) is 0 Å². The number of aryl methyl sites for hydroxylation is 2. The van der Waals surface area contributed by atoms with Gasteiger partial charge < -0.3 is 5.32 Å². The van der Waals surface area contributed by atoms with Crippen LogP contribution < -0.4 is 5.32 Å². The summed E-state index contributed by atoms with van der Waals surface area (Å²) in [6.07, 6.45) is 2.20. The molecule has 0 bridgehead atoms. The van der Waals surface area contributed by atoms with Gasteiger partial charge in [0.15, 0.2) is 5.82 Å². The van der Waals surface area contributed by atoms with Crippen molar-refractivity contribution in [1.82, 2.24) is 30.0 Å². The highest BCUT2D eigenvalue weighted by atomic mass is 16.1. The van der Waals surface area contributed by atoms with E-state index in [1.807, 2.05) is 65.7 Å². The van der Waals surface area contributed by atoms with Crippen LogP contribution in [-0.4, -0.2) is 35.9 Å². The van der Waals surface area contributed by atoms with E-state index >= 15 is 0 Å². The lowest BCUT2D eigenvalue weighted by Gasteiger charge is -2.09. The molecule has 2 heterocycles. The number of carbonyl (C=O) groups is 1. The van der Waals surface area contributed by atoms with Crippen LogP contribution in [0.4, 0.5) is 5.69 Å². The summed E-state index contributed by atoms with van der Waals surface area (Å²) in [6, 6.07) is 17.4. The van der Waals surface area contributed by atoms with Gasteiger partial charge in [-0.1, -0.05) is 12.1 Å². The van der Waals surface area contributed by atoms with E-state index in [0.717, 1.165) is 41.3 Å². The number of rotatable bonds is 5. The van der Waals surface area contributed by atoms with Gasteiger partial charge in [-0.3, -0.25) is 4.79 Å². The van der Waals surface area contributed by atoms with Crippen LogP contribution in [0.2, 0.25) is 0 Å². The summed E-state index contributed by atoms with van der Waals surface area (Å²) in [5.41, 5.74) is 5.09. The van der Waals surface area contributed by atoms with E-state index in [0.29, 0.717) is 17.3 Å². The molecule has 2 aromatic heterocycles. The molecule has 2 aromatic carbocycles. The van der Waals surface area contributed by atoms with E-state index in [-0.39, 0.29) is 5.91 Å². The van der Waals surface area contributed by atoms with E-state index in [1.54, 1.807) is 12.1 Å². The molecular weight excluding hydrogens is 378 g/mol. The minimum atomic E-state index is -0.172. The van der Waals surface area contributed by atoms with Crippen LogP contribution in [0.1, 0.15) is 40.6 Å². The predicted octanol–water partition coefficient (Wildman–Crippen LogP) is 3.73. The molecule has 8 heteroatoms. The summed E-state index contributed by atoms with van der Waals surface area (Å²) >= 11 is 0. The molecule has 1 N–H and O–H groups in total. The van der Waals surface area contributed by atoms with Gasteiger partial charge in [0.25, 0.3) is 5.91 Å². The number of carbonyl (C=O) groups excluding carboxylic acids is 1. The van der Waals surface area contributed by atoms with Crippen LogP contribution in [0.25, 0.3) is 17.1 Å². The highest BCUT2D eigenvalue weighted by Gasteiger charge is 2.28. The van der Waals surface area contributed by atoms with Crippen molar-refractivity contribution in [2.24, 2.45) is 0 Å². The second-order valence-corrected chi connectivity index (χ2v) is 7.60. The average Bonchev–Trinajstić information content (AvgIpc) is 3.37. The lowest BCUT2D eigenvalue weighted by molar-refractivity contribution is 0.102. The monoisotopic (exact) mass is 399 g/mol. The third-order valence-electron chi connectivity index (χ3n) is 5.15. The lowest BCUT2D eigenvalue weighted by atomic mass is 10.1. The maximum Gasteiger partial charge on any atom is 0.255 e. The van der Waals surface area contributed by atoms with Gasteiger partial charge in [-0.15, -0.1) is 5.10 Å². The van der Waals surface area contributed by atoms with E-state index in [9.17, 15) is 4.79 Å². The Morgan fingerprint density at radius 3 is 2.57 bits per heavy atom. The molecule has 0 radical (unpaired) electrons. The van der Waals surface area contributed by atoms with Crippen LogP contribution >= 0.6 is 0 Å². The maximum atomic E-state index is 12.7. The minimum Gasteiger partial charge on any atom is -0.322 e. The number of hydrogen-bond donors (Lipinski definition) is 1. The Morgan fingerprint density at radius 2 is 1.87 bits per heavy atom. The standard InChI is InChI=1S/C22H21N7O/c1-14-12-15(2)28(25-14)19-8-6-16(7-9-19)22(30)23-18-5-3-4-17(13-18)21-24-26-27-29(21)20-10-11-20/h3-9,12-13,20H,10-11H2,1-2H3,(H,23,30). The van der Waals surface area contributed by atoms with Crippen molar-refractivity contribution in [3.63, 3.8) is 0 Å². The summed E-state index contributed by atoms with van der Waals surface area (Å²) in [5, 5.41) is 19.5. The van der Waals surface area contributed by atoms with Gasteiger partial charge in [-0.25, -0.2) is 9.36 Å². The van der Waals surface area contributed by atoms with Gasteiger partial charge in [0.2, 0.25) is 0 Å². The van der Waals surface area contributed by atoms with Gasteiger partial charge in [0, 0.05) is 22.5 Å². The Labute approximate surface area is 173 Å². The number of tetrazole rings is 1.